The topological polar surface area (TPSA) is 86.8 Å². The molecule has 4 rings (SSSR count). The van der Waals surface area contributed by atoms with Crippen molar-refractivity contribution in [3.8, 4) is 28.5 Å². The lowest BCUT2D eigenvalue weighted by Crippen LogP contribution is -2.30. The summed E-state index contributed by atoms with van der Waals surface area (Å²) >= 11 is 1.27. The number of amides is 1. The average molecular weight is 481 g/mol. The Labute approximate surface area is 199 Å². The number of Topliss-reactive ketones (excluding diaryl/α,β-unsaturated/α-hetero) is 1. The molecule has 4 aromatic rings. The van der Waals surface area contributed by atoms with Gasteiger partial charge in [-0.25, -0.2) is 9.37 Å². The van der Waals surface area contributed by atoms with Crippen LogP contribution in [0.2, 0.25) is 0 Å². The normalized spacial score (nSPS) is 10.7. The first-order valence-electron chi connectivity index (χ1n) is 10.2. The molecule has 1 N–H and O–H groups in total. The maximum absolute atomic E-state index is 14.1. The maximum atomic E-state index is 14.1. The van der Waals surface area contributed by atoms with Gasteiger partial charge in [0.1, 0.15) is 11.6 Å². The van der Waals surface area contributed by atoms with Gasteiger partial charge in [-0.1, -0.05) is 12.1 Å². The van der Waals surface area contributed by atoms with E-state index in [1.54, 1.807) is 41.8 Å². The molecule has 7 nitrogen and oxygen atoms in total. The van der Waals surface area contributed by atoms with Crippen LogP contribution in [0.4, 0.5) is 4.39 Å². The van der Waals surface area contributed by atoms with E-state index >= 15 is 0 Å². The van der Waals surface area contributed by atoms with E-state index in [0.29, 0.717) is 38.4 Å². The van der Waals surface area contributed by atoms with Gasteiger partial charge in [0.2, 0.25) is 5.78 Å². The molecular formula is C25H21FN2O5S. The van der Waals surface area contributed by atoms with Crippen LogP contribution in [0.5, 0.6) is 17.2 Å². The van der Waals surface area contributed by atoms with E-state index in [-0.39, 0.29) is 23.8 Å². The van der Waals surface area contributed by atoms with Crippen molar-refractivity contribution in [2.75, 3.05) is 27.9 Å². The first kappa shape index (κ1) is 23.2. The molecule has 0 aliphatic heterocycles. The van der Waals surface area contributed by atoms with Gasteiger partial charge in [0, 0.05) is 21.9 Å². The number of nitrogens with zero attached hydrogens (tertiary/aromatic N) is 1. The molecule has 0 aliphatic rings. The molecule has 174 valence electrons. The van der Waals surface area contributed by atoms with Gasteiger partial charge in [-0.2, -0.15) is 0 Å². The molecule has 1 amide bonds. The van der Waals surface area contributed by atoms with Crippen LogP contribution in [0.3, 0.4) is 0 Å². The van der Waals surface area contributed by atoms with Gasteiger partial charge in [0.25, 0.3) is 5.91 Å². The highest BCUT2D eigenvalue weighted by Crippen LogP contribution is 2.35. The second-order valence-corrected chi connectivity index (χ2v) is 8.07. The average Bonchev–Trinajstić information content (AvgIpc) is 3.31. The Morgan fingerprint density at radius 2 is 1.71 bits per heavy atom. The summed E-state index contributed by atoms with van der Waals surface area (Å²) < 4.78 is 30.3. The van der Waals surface area contributed by atoms with E-state index in [9.17, 15) is 14.0 Å². The number of ether oxygens (including phenoxy) is 3. The van der Waals surface area contributed by atoms with E-state index in [2.05, 4.69) is 10.3 Å². The summed E-state index contributed by atoms with van der Waals surface area (Å²) in [4.78, 5) is 30.0. The second kappa shape index (κ2) is 9.88. The van der Waals surface area contributed by atoms with Crippen LogP contribution in [-0.4, -0.2) is 44.5 Å². The number of carbonyl (C=O) groups excluding carboxylic acids is 2. The number of aromatic nitrogens is 1. The van der Waals surface area contributed by atoms with Gasteiger partial charge >= 0.3 is 0 Å². The van der Waals surface area contributed by atoms with E-state index in [0.717, 1.165) is 0 Å². The lowest BCUT2D eigenvalue weighted by molar-refractivity contribution is 0.0900. The van der Waals surface area contributed by atoms with Crippen molar-refractivity contribution in [1.29, 1.82) is 0 Å². The third-order valence-electron chi connectivity index (χ3n) is 5.23. The molecule has 2 aromatic heterocycles. The lowest BCUT2D eigenvalue weighted by Gasteiger charge is -2.11. The van der Waals surface area contributed by atoms with Gasteiger partial charge in [-0.3, -0.25) is 9.59 Å². The van der Waals surface area contributed by atoms with Gasteiger partial charge in [-0.15, -0.1) is 11.3 Å². The van der Waals surface area contributed by atoms with Crippen LogP contribution in [0.1, 0.15) is 20.8 Å². The number of hydrogen-bond acceptors (Lipinski definition) is 7. The van der Waals surface area contributed by atoms with Crippen molar-refractivity contribution < 1.29 is 28.2 Å². The van der Waals surface area contributed by atoms with Crippen LogP contribution in [0, 0.1) is 5.82 Å². The summed E-state index contributed by atoms with van der Waals surface area (Å²) in [6.07, 6.45) is 0. The third kappa shape index (κ3) is 4.42. The van der Waals surface area contributed by atoms with E-state index in [1.165, 1.54) is 44.8 Å². The Morgan fingerprint density at radius 1 is 0.971 bits per heavy atom. The summed E-state index contributed by atoms with van der Waals surface area (Å²) in [5.74, 6) is -0.0307. The molecule has 9 heteroatoms. The quantitative estimate of drug-likeness (QED) is 0.367. The molecule has 0 spiro atoms. The smallest absolute Gasteiger partial charge is 0.251 e. The molecule has 2 heterocycles. The summed E-state index contributed by atoms with van der Waals surface area (Å²) in [6, 6.07) is 12.9. The number of ketones is 1. The molecule has 0 saturated carbocycles. The fourth-order valence-electron chi connectivity index (χ4n) is 3.51. The van der Waals surface area contributed by atoms with Crippen LogP contribution in [0.25, 0.3) is 21.3 Å². The molecule has 2 aromatic carbocycles. The minimum absolute atomic E-state index is 0.0726. The molecular weight excluding hydrogens is 459 g/mol. The van der Waals surface area contributed by atoms with Crippen molar-refractivity contribution >= 4 is 33.1 Å². The van der Waals surface area contributed by atoms with Gasteiger partial charge in [0.05, 0.1) is 38.3 Å². The number of methoxy groups -OCH3 is 3. The Balaban J connectivity index is 1.57. The van der Waals surface area contributed by atoms with Crippen LogP contribution in [-0.2, 0) is 0 Å². The van der Waals surface area contributed by atoms with Gasteiger partial charge in [0.15, 0.2) is 17.2 Å². The van der Waals surface area contributed by atoms with Crippen molar-refractivity contribution in [2.45, 2.75) is 0 Å². The number of pyridine rings is 1. The monoisotopic (exact) mass is 480 g/mol. The fourth-order valence-corrected chi connectivity index (χ4v) is 4.47. The fraction of sp³-hybridized carbons (Fsp3) is 0.160. The molecule has 0 radical (unpaired) electrons. The number of halogens is 1. The van der Waals surface area contributed by atoms with E-state index in [1.807, 2.05) is 0 Å². The Hall–Kier alpha value is -3.98. The van der Waals surface area contributed by atoms with Crippen LogP contribution in [0.15, 0.2) is 53.9 Å². The van der Waals surface area contributed by atoms with E-state index < -0.39 is 11.7 Å². The highest BCUT2D eigenvalue weighted by Gasteiger charge is 2.19. The Bertz CT molecular complexity index is 1390. The van der Waals surface area contributed by atoms with Gasteiger partial charge in [-0.05, 0) is 36.4 Å². The first-order valence-corrected chi connectivity index (χ1v) is 11.1. The first-order chi connectivity index (χ1) is 16.5. The van der Waals surface area contributed by atoms with Crippen molar-refractivity contribution in [3.05, 3.63) is 71.0 Å². The summed E-state index contributed by atoms with van der Waals surface area (Å²) in [6.45, 7) is -0.293. The highest BCUT2D eigenvalue weighted by atomic mass is 32.1. The number of hydrogen-bond donors (Lipinski definition) is 1. The lowest BCUT2D eigenvalue weighted by atomic mass is 10.1. The highest BCUT2D eigenvalue weighted by molar-refractivity contribution is 7.17. The molecule has 0 aliphatic carbocycles. The minimum Gasteiger partial charge on any atom is -0.494 e. The molecule has 0 fully saturated rings. The maximum Gasteiger partial charge on any atom is 0.251 e. The molecule has 0 saturated heterocycles. The second-order valence-electron chi connectivity index (χ2n) is 7.19. The van der Waals surface area contributed by atoms with Crippen molar-refractivity contribution in [3.63, 3.8) is 0 Å². The largest absolute Gasteiger partial charge is 0.494 e. The molecule has 34 heavy (non-hydrogen) atoms. The number of rotatable bonds is 8. The Kier molecular flexibility index (Phi) is 6.74. The molecule has 0 bridgehead atoms. The number of nitrogens with one attached hydrogen (secondary N) is 1. The summed E-state index contributed by atoms with van der Waals surface area (Å²) in [7, 11) is 4.41. The zero-order valence-electron chi connectivity index (χ0n) is 18.7. The van der Waals surface area contributed by atoms with E-state index in [4.69, 9.17) is 14.2 Å². The third-order valence-corrected chi connectivity index (χ3v) is 6.23. The molecule has 0 unspecified atom stereocenters. The number of fused-ring (bicyclic) bond motifs is 1. The van der Waals surface area contributed by atoms with Crippen molar-refractivity contribution in [1.82, 2.24) is 10.3 Å². The zero-order chi connectivity index (χ0) is 24.2. The van der Waals surface area contributed by atoms with Crippen LogP contribution < -0.4 is 19.5 Å². The zero-order valence-corrected chi connectivity index (χ0v) is 19.5. The Morgan fingerprint density at radius 3 is 2.44 bits per heavy atom. The standard InChI is InChI=1S/C25H21FN2O5S/c1-31-20-9-7-14(11-22(20)33-3)25(30)27-12-19(29)23-21(32-2)10-8-18(28-23)16-13-34-24-15(16)5-4-6-17(24)26/h4-11,13H,12H2,1-3H3,(H,27,30). The summed E-state index contributed by atoms with van der Waals surface area (Å²) in [5.41, 5.74) is 1.60. The SMILES string of the molecule is COc1ccc(C(=O)NCC(=O)c2nc(-c3csc4c(F)cccc34)ccc2OC)cc1OC. The number of carbonyl (C=O) groups is 2. The minimum atomic E-state index is -0.455. The number of benzene rings is 2. The van der Waals surface area contributed by atoms with Crippen molar-refractivity contribution in [2.24, 2.45) is 0 Å². The van der Waals surface area contributed by atoms with Gasteiger partial charge < -0.3 is 19.5 Å². The van der Waals surface area contributed by atoms with Crippen LogP contribution >= 0.6 is 11.3 Å². The number of thiophene rings is 1. The summed E-state index contributed by atoms with van der Waals surface area (Å²) in [5, 5.41) is 5.11. The predicted molar refractivity (Wildman–Crippen MR) is 128 cm³/mol. The molecule has 0 atom stereocenters. The predicted octanol–water partition coefficient (Wildman–Crippen LogP) is 4.74.